The maximum atomic E-state index is 5.61. The van der Waals surface area contributed by atoms with Crippen LogP contribution in [0.3, 0.4) is 0 Å². The number of aliphatic imine (C=N–C) groups is 1. The lowest BCUT2D eigenvalue weighted by atomic mass is 10.2. The Morgan fingerprint density at radius 3 is 2.77 bits per heavy atom. The number of nitrogens with one attached hydrogen (secondary N) is 2. The number of anilines is 1. The van der Waals surface area contributed by atoms with Gasteiger partial charge in [0, 0.05) is 44.0 Å². The Morgan fingerprint density at radius 1 is 1.23 bits per heavy atom. The summed E-state index contributed by atoms with van der Waals surface area (Å²) in [5.41, 5.74) is 2.09. The number of benzene rings is 1. The largest absolute Gasteiger partial charge is 0.497 e. The number of hydrogen-bond donors (Lipinski definition) is 2. The van der Waals surface area contributed by atoms with Crippen molar-refractivity contribution < 1.29 is 14.2 Å². The molecule has 31 heavy (non-hydrogen) atoms. The van der Waals surface area contributed by atoms with E-state index in [1.54, 1.807) is 14.2 Å². The Kier molecular flexibility index (Phi) is 8.35. The lowest BCUT2D eigenvalue weighted by molar-refractivity contribution is 0.0529. The fourth-order valence-electron chi connectivity index (χ4n) is 3.41. The molecule has 0 bridgehead atoms. The Labute approximate surface area is 184 Å². The van der Waals surface area contributed by atoms with Crippen LogP contribution in [0.15, 0.2) is 41.5 Å². The highest BCUT2D eigenvalue weighted by Crippen LogP contribution is 2.24. The van der Waals surface area contributed by atoms with Crippen LogP contribution in [-0.4, -0.2) is 57.5 Å². The third kappa shape index (κ3) is 6.49. The highest BCUT2D eigenvalue weighted by Gasteiger charge is 2.17. The molecule has 1 unspecified atom stereocenters. The standard InChI is InChI=1S/C23H33N5O3/c1-5-24-23(27-15-19-7-8-20(29-3)12-21(19)30-4)26-14-18-6-9-22(25-13-18)28-10-11-31-17(2)16-28/h6-9,12-13,17H,5,10-11,14-16H2,1-4H3,(H2,24,26,27). The molecule has 168 valence electrons. The minimum atomic E-state index is 0.234. The van der Waals surface area contributed by atoms with Crippen molar-refractivity contribution in [1.82, 2.24) is 15.6 Å². The smallest absolute Gasteiger partial charge is 0.191 e. The fourth-order valence-corrected chi connectivity index (χ4v) is 3.41. The van der Waals surface area contributed by atoms with E-state index in [1.165, 1.54) is 0 Å². The average Bonchev–Trinajstić information content (AvgIpc) is 2.81. The highest BCUT2D eigenvalue weighted by atomic mass is 16.5. The first-order valence-electron chi connectivity index (χ1n) is 10.7. The summed E-state index contributed by atoms with van der Waals surface area (Å²) in [5.74, 6) is 3.27. The van der Waals surface area contributed by atoms with Gasteiger partial charge < -0.3 is 29.7 Å². The number of aromatic nitrogens is 1. The number of rotatable bonds is 8. The summed E-state index contributed by atoms with van der Waals surface area (Å²) in [4.78, 5) is 11.6. The van der Waals surface area contributed by atoms with Gasteiger partial charge in [0.15, 0.2) is 5.96 Å². The predicted octanol–water partition coefficient (Wildman–Crippen LogP) is 2.58. The molecule has 1 aromatic heterocycles. The van der Waals surface area contributed by atoms with Crippen molar-refractivity contribution in [3.8, 4) is 11.5 Å². The van der Waals surface area contributed by atoms with Crippen LogP contribution < -0.4 is 25.0 Å². The lowest BCUT2D eigenvalue weighted by Crippen LogP contribution is -2.41. The minimum absolute atomic E-state index is 0.234. The zero-order chi connectivity index (χ0) is 22.1. The van der Waals surface area contributed by atoms with Gasteiger partial charge >= 0.3 is 0 Å². The van der Waals surface area contributed by atoms with Crippen LogP contribution in [0.1, 0.15) is 25.0 Å². The third-order valence-electron chi connectivity index (χ3n) is 5.08. The van der Waals surface area contributed by atoms with E-state index in [0.717, 1.165) is 60.6 Å². The number of morpholine rings is 1. The summed E-state index contributed by atoms with van der Waals surface area (Å²) in [6, 6.07) is 9.94. The molecule has 1 aliphatic heterocycles. The number of guanidine groups is 1. The zero-order valence-corrected chi connectivity index (χ0v) is 18.9. The van der Waals surface area contributed by atoms with Gasteiger partial charge in [-0.15, -0.1) is 0 Å². The second-order valence-corrected chi connectivity index (χ2v) is 7.38. The highest BCUT2D eigenvalue weighted by molar-refractivity contribution is 5.79. The van der Waals surface area contributed by atoms with E-state index in [1.807, 2.05) is 31.3 Å². The van der Waals surface area contributed by atoms with Crippen LogP contribution >= 0.6 is 0 Å². The van der Waals surface area contributed by atoms with Crippen LogP contribution in [-0.2, 0) is 17.8 Å². The van der Waals surface area contributed by atoms with E-state index < -0.39 is 0 Å². The normalized spacial score (nSPS) is 16.7. The van der Waals surface area contributed by atoms with Gasteiger partial charge in [-0.05, 0) is 37.6 Å². The lowest BCUT2D eigenvalue weighted by Gasteiger charge is -2.32. The van der Waals surface area contributed by atoms with Crippen LogP contribution in [0.25, 0.3) is 0 Å². The molecule has 2 aromatic rings. The molecule has 2 heterocycles. The molecule has 8 nitrogen and oxygen atoms in total. The number of nitrogens with zero attached hydrogens (tertiary/aromatic N) is 3. The molecule has 0 amide bonds. The Morgan fingerprint density at radius 2 is 2.10 bits per heavy atom. The van der Waals surface area contributed by atoms with Crippen molar-refractivity contribution in [2.75, 3.05) is 45.4 Å². The monoisotopic (exact) mass is 427 g/mol. The topological polar surface area (TPSA) is 80.2 Å². The maximum Gasteiger partial charge on any atom is 0.191 e. The van der Waals surface area contributed by atoms with Crippen molar-refractivity contribution in [2.24, 2.45) is 4.99 Å². The molecule has 8 heteroatoms. The summed E-state index contributed by atoms with van der Waals surface area (Å²) in [5, 5.41) is 6.64. The molecule has 2 N–H and O–H groups in total. The van der Waals surface area contributed by atoms with Crippen LogP contribution in [0, 0.1) is 0 Å². The molecule has 3 rings (SSSR count). The Balaban J connectivity index is 1.60. The number of hydrogen-bond acceptors (Lipinski definition) is 6. The third-order valence-corrected chi connectivity index (χ3v) is 5.08. The summed E-state index contributed by atoms with van der Waals surface area (Å²) < 4.78 is 16.3. The van der Waals surface area contributed by atoms with E-state index in [-0.39, 0.29) is 6.10 Å². The van der Waals surface area contributed by atoms with Crippen molar-refractivity contribution in [2.45, 2.75) is 33.0 Å². The summed E-state index contributed by atoms with van der Waals surface area (Å²) >= 11 is 0. The molecule has 1 saturated heterocycles. The van der Waals surface area contributed by atoms with E-state index in [0.29, 0.717) is 13.1 Å². The number of pyridine rings is 1. The van der Waals surface area contributed by atoms with E-state index in [2.05, 4.69) is 39.6 Å². The minimum Gasteiger partial charge on any atom is -0.497 e. The van der Waals surface area contributed by atoms with Crippen LogP contribution in [0.2, 0.25) is 0 Å². The van der Waals surface area contributed by atoms with Gasteiger partial charge in [0.2, 0.25) is 0 Å². The first-order chi connectivity index (χ1) is 15.1. The summed E-state index contributed by atoms with van der Waals surface area (Å²) in [7, 11) is 3.30. The molecule has 0 saturated carbocycles. The number of methoxy groups -OCH3 is 2. The first-order valence-corrected chi connectivity index (χ1v) is 10.7. The van der Waals surface area contributed by atoms with Gasteiger partial charge in [-0.1, -0.05) is 6.07 Å². The molecule has 1 aliphatic rings. The van der Waals surface area contributed by atoms with Crippen molar-refractivity contribution in [3.05, 3.63) is 47.7 Å². The van der Waals surface area contributed by atoms with Crippen LogP contribution in [0.4, 0.5) is 5.82 Å². The number of ether oxygens (including phenoxy) is 3. The quantitative estimate of drug-likeness (QED) is 0.495. The van der Waals surface area contributed by atoms with Gasteiger partial charge in [0.05, 0.1) is 33.5 Å². The van der Waals surface area contributed by atoms with E-state index in [4.69, 9.17) is 19.2 Å². The molecule has 0 aliphatic carbocycles. The van der Waals surface area contributed by atoms with Gasteiger partial charge in [0.1, 0.15) is 17.3 Å². The van der Waals surface area contributed by atoms with E-state index >= 15 is 0 Å². The molecule has 1 aromatic carbocycles. The first kappa shape index (κ1) is 22.7. The molecule has 1 fully saturated rings. The van der Waals surface area contributed by atoms with Crippen molar-refractivity contribution >= 4 is 11.8 Å². The summed E-state index contributed by atoms with van der Waals surface area (Å²) in [6.45, 7) is 8.53. The second-order valence-electron chi connectivity index (χ2n) is 7.38. The SMILES string of the molecule is CCNC(=NCc1ccc(N2CCOC(C)C2)nc1)NCc1ccc(OC)cc1OC. The van der Waals surface area contributed by atoms with Gasteiger partial charge in [0.25, 0.3) is 0 Å². The predicted molar refractivity (Wildman–Crippen MR) is 123 cm³/mol. The fraction of sp³-hybridized carbons (Fsp3) is 0.478. The van der Waals surface area contributed by atoms with E-state index in [9.17, 15) is 0 Å². The molecule has 1 atom stereocenters. The molecular formula is C23H33N5O3. The molecular weight excluding hydrogens is 394 g/mol. The Bertz CT molecular complexity index is 857. The zero-order valence-electron chi connectivity index (χ0n) is 18.9. The van der Waals surface area contributed by atoms with Crippen molar-refractivity contribution in [3.63, 3.8) is 0 Å². The molecule has 0 radical (unpaired) electrons. The second kappa shape index (κ2) is 11.4. The summed E-state index contributed by atoms with van der Waals surface area (Å²) in [6.07, 6.45) is 2.13. The Hall–Kier alpha value is -3.00. The maximum absolute atomic E-state index is 5.61. The van der Waals surface area contributed by atoms with Gasteiger partial charge in [-0.2, -0.15) is 0 Å². The average molecular weight is 428 g/mol. The van der Waals surface area contributed by atoms with Crippen molar-refractivity contribution in [1.29, 1.82) is 0 Å². The molecule has 0 spiro atoms. The van der Waals surface area contributed by atoms with Gasteiger partial charge in [-0.3, -0.25) is 0 Å². The van der Waals surface area contributed by atoms with Gasteiger partial charge in [-0.25, -0.2) is 9.98 Å². The van der Waals surface area contributed by atoms with Crippen LogP contribution in [0.5, 0.6) is 11.5 Å².